The van der Waals surface area contributed by atoms with Crippen LogP contribution in [0.2, 0.25) is 0 Å². The third-order valence-corrected chi connectivity index (χ3v) is 4.08. The molecule has 5 heteroatoms. The van der Waals surface area contributed by atoms with Crippen LogP contribution in [0.15, 0.2) is 4.52 Å². The van der Waals surface area contributed by atoms with E-state index in [9.17, 15) is 0 Å². The second kappa shape index (κ2) is 6.50. The van der Waals surface area contributed by atoms with Crippen molar-refractivity contribution in [2.24, 2.45) is 0 Å². The van der Waals surface area contributed by atoms with Crippen molar-refractivity contribution in [2.75, 3.05) is 6.61 Å². The number of aromatic nitrogens is 2. The summed E-state index contributed by atoms with van der Waals surface area (Å²) in [5, 5.41) is 4.08. The lowest BCUT2D eigenvalue weighted by atomic mass is 9.96. The fraction of sp³-hybridized carbons (Fsp3) is 0.833. The second-order valence-corrected chi connectivity index (χ2v) is 5.07. The minimum absolute atomic E-state index is 0.122. The van der Waals surface area contributed by atoms with Crippen LogP contribution in [0.1, 0.15) is 63.5 Å². The van der Waals surface area contributed by atoms with Crippen molar-refractivity contribution < 1.29 is 9.26 Å². The van der Waals surface area contributed by atoms with E-state index in [1.165, 1.54) is 0 Å². The Bertz CT molecular complexity index is 337. The number of hydrogen-bond acceptors (Lipinski definition) is 4. The Morgan fingerprint density at radius 2 is 1.94 bits per heavy atom. The standard InChI is InChI=1S/C12H21BrN2O2/c1-5-9(13)10-14-11(15-17-10)12(6-2,7-3)16-8-4/h9H,5-8H2,1-4H3. The van der Waals surface area contributed by atoms with Crippen molar-refractivity contribution in [2.45, 2.75) is 57.4 Å². The number of nitrogens with zero attached hydrogens (tertiary/aromatic N) is 2. The monoisotopic (exact) mass is 304 g/mol. The quantitative estimate of drug-likeness (QED) is 0.715. The average Bonchev–Trinajstić information content (AvgIpc) is 2.85. The van der Waals surface area contributed by atoms with E-state index < -0.39 is 5.60 Å². The maximum atomic E-state index is 5.84. The second-order valence-electron chi connectivity index (χ2n) is 3.97. The first-order valence-electron chi connectivity index (χ1n) is 6.25. The Kier molecular flexibility index (Phi) is 5.59. The highest BCUT2D eigenvalue weighted by atomic mass is 79.9. The molecule has 0 amide bonds. The first kappa shape index (κ1) is 14.6. The lowest BCUT2D eigenvalue weighted by Gasteiger charge is -2.27. The highest BCUT2D eigenvalue weighted by Crippen LogP contribution is 2.33. The zero-order chi connectivity index (χ0) is 12.9. The maximum absolute atomic E-state index is 5.84. The molecule has 1 aromatic rings. The molecule has 1 rings (SSSR count). The van der Waals surface area contributed by atoms with Gasteiger partial charge in [-0.2, -0.15) is 4.98 Å². The summed E-state index contributed by atoms with van der Waals surface area (Å²) in [5.74, 6) is 1.30. The van der Waals surface area contributed by atoms with E-state index in [1.54, 1.807) is 0 Å². The Labute approximate surface area is 111 Å². The van der Waals surface area contributed by atoms with E-state index in [0.29, 0.717) is 18.3 Å². The van der Waals surface area contributed by atoms with Crippen LogP contribution in [0, 0.1) is 0 Å². The van der Waals surface area contributed by atoms with Gasteiger partial charge in [0.25, 0.3) is 0 Å². The first-order chi connectivity index (χ1) is 8.13. The zero-order valence-electron chi connectivity index (χ0n) is 11.0. The zero-order valence-corrected chi connectivity index (χ0v) is 12.6. The highest BCUT2D eigenvalue weighted by molar-refractivity contribution is 9.09. The topological polar surface area (TPSA) is 48.2 Å². The van der Waals surface area contributed by atoms with Crippen LogP contribution in [0.4, 0.5) is 0 Å². The van der Waals surface area contributed by atoms with Crippen molar-refractivity contribution >= 4 is 15.9 Å². The van der Waals surface area contributed by atoms with Gasteiger partial charge in [0.15, 0.2) is 0 Å². The van der Waals surface area contributed by atoms with Gasteiger partial charge in [-0.15, -0.1) is 0 Å². The van der Waals surface area contributed by atoms with Crippen molar-refractivity contribution in [1.29, 1.82) is 0 Å². The molecule has 0 aliphatic rings. The van der Waals surface area contributed by atoms with E-state index >= 15 is 0 Å². The molecule has 1 unspecified atom stereocenters. The summed E-state index contributed by atoms with van der Waals surface area (Å²) < 4.78 is 11.1. The van der Waals surface area contributed by atoms with Crippen molar-refractivity contribution in [3.63, 3.8) is 0 Å². The van der Waals surface area contributed by atoms with Crippen LogP contribution in [-0.4, -0.2) is 16.7 Å². The minimum Gasteiger partial charge on any atom is -0.367 e. The van der Waals surface area contributed by atoms with Crippen molar-refractivity contribution in [1.82, 2.24) is 10.1 Å². The molecule has 1 aromatic heterocycles. The van der Waals surface area contributed by atoms with Gasteiger partial charge < -0.3 is 9.26 Å². The maximum Gasteiger partial charge on any atom is 0.240 e. The largest absolute Gasteiger partial charge is 0.367 e. The molecular weight excluding hydrogens is 284 g/mol. The Morgan fingerprint density at radius 3 is 2.41 bits per heavy atom. The Morgan fingerprint density at radius 1 is 1.29 bits per heavy atom. The molecule has 0 spiro atoms. The highest BCUT2D eigenvalue weighted by Gasteiger charge is 2.35. The molecule has 0 radical (unpaired) electrons. The van der Waals surface area contributed by atoms with Gasteiger partial charge in [-0.05, 0) is 26.2 Å². The average molecular weight is 305 g/mol. The summed E-state index contributed by atoms with van der Waals surface area (Å²) in [4.78, 5) is 4.59. The van der Waals surface area contributed by atoms with Gasteiger partial charge in [0.05, 0.1) is 4.83 Å². The molecule has 0 bridgehead atoms. The summed E-state index contributed by atoms with van der Waals surface area (Å²) in [5.41, 5.74) is -0.406. The van der Waals surface area contributed by atoms with Crippen LogP contribution in [0.25, 0.3) is 0 Å². The van der Waals surface area contributed by atoms with Crippen molar-refractivity contribution in [3.8, 4) is 0 Å². The van der Waals surface area contributed by atoms with Gasteiger partial charge in [0.1, 0.15) is 5.60 Å². The fourth-order valence-corrected chi connectivity index (χ4v) is 2.02. The molecule has 1 atom stereocenters. The van der Waals surface area contributed by atoms with Crippen LogP contribution in [0.5, 0.6) is 0 Å². The van der Waals surface area contributed by atoms with E-state index in [1.807, 2.05) is 6.92 Å². The van der Waals surface area contributed by atoms with E-state index in [-0.39, 0.29) is 4.83 Å². The van der Waals surface area contributed by atoms with Gasteiger partial charge in [0, 0.05) is 6.61 Å². The van der Waals surface area contributed by atoms with Crippen LogP contribution >= 0.6 is 15.9 Å². The van der Waals surface area contributed by atoms with Crippen molar-refractivity contribution in [3.05, 3.63) is 11.7 Å². The van der Waals surface area contributed by atoms with Gasteiger partial charge >= 0.3 is 0 Å². The predicted molar refractivity (Wildman–Crippen MR) is 70.1 cm³/mol. The van der Waals surface area contributed by atoms with E-state index in [0.717, 1.165) is 19.3 Å². The normalized spacial score (nSPS) is 13.9. The lowest BCUT2D eigenvalue weighted by Crippen LogP contribution is -2.29. The van der Waals surface area contributed by atoms with Gasteiger partial charge in [-0.25, -0.2) is 0 Å². The predicted octanol–water partition coefficient (Wildman–Crippen LogP) is 3.97. The summed E-state index contributed by atoms with van der Waals surface area (Å²) in [6, 6.07) is 0. The van der Waals surface area contributed by atoms with Gasteiger partial charge in [-0.3, -0.25) is 0 Å². The minimum atomic E-state index is -0.406. The molecule has 17 heavy (non-hydrogen) atoms. The fourth-order valence-electron chi connectivity index (χ4n) is 1.83. The van der Waals surface area contributed by atoms with Gasteiger partial charge in [0.2, 0.25) is 11.7 Å². The molecule has 4 nitrogen and oxygen atoms in total. The number of hydrogen-bond donors (Lipinski definition) is 0. The molecule has 0 fully saturated rings. The molecule has 0 saturated heterocycles. The molecule has 0 N–H and O–H groups in total. The summed E-state index contributed by atoms with van der Waals surface area (Å²) in [7, 11) is 0. The third-order valence-electron chi connectivity index (χ3n) is 3.04. The van der Waals surface area contributed by atoms with Gasteiger partial charge in [-0.1, -0.05) is 41.9 Å². The lowest BCUT2D eigenvalue weighted by molar-refractivity contribution is -0.0583. The summed E-state index contributed by atoms with van der Waals surface area (Å²) in [6.07, 6.45) is 2.60. The molecule has 0 saturated carbocycles. The Balaban J connectivity index is 2.99. The summed E-state index contributed by atoms with van der Waals surface area (Å²) in [6.45, 7) is 8.87. The summed E-state index contributed by atoms with van der Waals surface area (Å²) >= 11 is 3.51. The molecular formula is C12H21BrN2O2. The number of rotatable bonds is 7. The van der Waals surface area contributed by atoms with E-state index in [2.05, 4.69) is 46.8 Å². The number of ether oxygens (including phenoxy) is 1. The van der Waals surface area contributed by atoms with Crippen LogP contribution in [0.3, 0.4) is 0 Å². The first-order valence-corrected chi connectivity index (χ1v) is 7.17. The Hall–Kier alpha value is -0.420. The molecule has 1 heterocycles. The van der Waals surface area contributed by atoms with Crippen LogP contribution in [-0.2, 0) is 10.3 Å². The van der Waals surface area contributed by atoms with E-state index in [4.69, 9.17) is 9.26 Å². The number of alkyl halides is 1. The third kappa shape index (κ3) is 3.07. The number of halogens is 1. The van der Waals surface area contributed by atoms with Crippen LogP contribution < -0.4 is 0 Å². The molecule has 98 valence electrons. The molecule has 0 aliphatic heterocycles. The molecule has 0 aromatic carbocycles. The SMILES string of the molecule is CCOC(CC)(CC)c1noc(C(Br)CC)n1. The smallest absolute Gasteiger partial charge is 0.240 e. The molecule has 0 aliphatic carbocycles.